The molecule has 1 aromatic rings. The number of thioether (sulfide) groups is 1. The number of hydrogen-bond acceptors (Lipinski definition) is 6. The molecule has 0 aliphatic carbocycles. The minimum Gasteiger partial charge on any atom is -0.458 e. The fourth-order valence-corrected chi connectivity index (χ4v) is 2.45. The van der Waals surface area contributed by atoms with E-state index < -0.39 is 6.29 Å². The van der Waals surface area contributed by atoms with E-state index in [-0.39, 0.29) is 24.0 Å². The number of carbonyl (C=O) groups excluding carboxylic acids is 2. The summed E-state index contributed by atoms with van der Waals surface area (Å²) in [6.45, 7) is 1.47. The van der Waals surface area contributed by atoms with Crippen LogP contribution in [0.15, 0.2) is 30.3 Å². The first-order valence-corrected chi connectivity index (χ1v) is 6.86. The van der Waals surface area contributed by atoms with Crippen molar-refractivity contribution in [2.75, 3.05) is 12.4 Å². The van der Waals surface area contributed by atoms with Crippen molar-refractivity contribution in [3.8, 4) is 0 Å². The number of esters is 2. The van der Waals surface area contributed by atoms with Gasteiger partial charge in [0.05, 0.1) is 11.3 Å². The Labute approximate surface area is 115 Å². The third kappa shape index (κ3) is 4.25. The second-order valence-corrected chi connectivity index (χ2v) is 5.09. The quantitative estimate of drug-likeness (QED) is 0.785. The number of hydrogen-bond donors (Lipinski definition) is 0. The third-order valence-corrected chi connectivity index (χ3v) is 3.46. The van der Waals surface area contributed by atoms with Gasteiger partial charge in [0, 0.05) is 6.92 Å². The van der Waals surface area contributed by atoms with Crippen molar-refractivity contribution >= 4 is 23.7 Å². The number of rotatable bonds is 4. The molecule has 19 heavy (non-hydrogen) atoms. The largest absolute Gasteiger partial charge is 0.458 e. The lowest BCUT2D eigenvalue weighted by molar-refractivity contribution is -0.172. The van der Waals surface area contributed by atoms with E-state index in [1.54, 1.807) is 24.3 Å². The summed E-state index contributed by atoms with van der Waals surface area (Å²) in [5.41, 5.74) is 0.207. The molecule has 2 rings (SSSR count). The highest BCUT2D eigenvalue weighted by atomic mass is 32.2. The van der Waals surface area contributed by atoms with Crippen molar-refractivity contribution in [1.82, 2.24) is 0 Å². The lowest BCUT2D eigenvalue weighted by atomic mass is 10.2. The SMILES string of the molecule is CC(=O)OC1CSC(COC(=O)c2ccccc2)O1. The van der Waals surface area contributed by atoms with Crippen molar-refractivity contribution < 1.29 is 23.8 Å². The van der Waals surface area contributed by atoms with Crippen LogP contribution in [0.3, 0.4) is 0 Å². The van der Waals surface area contributed by atoms with E-state index in [0.717, 1.165) is 0 Å². The highest BCUT2D eigenvalue weighted by Crippen LogP contribution is 2.26. The first-order chi connectivity index (χ1) is 9.15. The van der Waals surface area contributed by atoms with E-state index in [1.165, 1.54) is 18.7 Å². The molecule has 5 nitrogen and oxygen atoms in total. The van der Waals surface area contributed by atoms with Crippen molar-refractivity contribution in [2.45, 2.75) is 18.6 Å². The summed E-state index contributed by atoms with van der Waals surface area (Å²) >= 11 is 1.45. The summed E-state index contributed by atoms with van der Waals surface area (Å²) in [6, 6.07) is 8.75. The van der Waals surface area contributed by atoms with Crippen molar-refractivity contribution in [3.05, 3.63) is 35.9 Å². The highest BCUT2D eigenvalue weighted by Gasteiger charge is 2.29. The van der Waals surface area contributed by atoms with Crippen LogP contribution >= 0.6 is 11.8 Å². The number of ether oxygens (including phenoxy) is 3. The third-order valence-electron chi connectivity index (χ3n) is 2.38. The second kappa shape index (κ2) is 6.58. The van der Waals surface area contributed by atoms with Gasteiger partial charge in [0.15, 0.2) is 0 Å². The Morgan fingerprint density at radius 1 is 1.37 bits per heavy atom. The molecule has 0 saturated carbocycles. The first kappa shape index (κ1) is 13.9. The van der Waals surface area contributed by atoms with E-state index >= 15 is 0 Å². The van der Waals surface area contributed by atoms with Crippen LogP contribution in [0.4, 0.5) is 0 Å². The fraction of sp³-hybridized carbons (Fsp3) is 0.385. The predicted molar refractivity (Wildman–Crippen MR) is 69.6 cm³/mol. The average Bonchev–Trinajstić information content (AvgIpc) is 2.84. The first-order valence-electron chi connectivity index (χ1n) is 5.81. The maximum absolute atomic E-state index is 11.7. The summed E-state index contributed by atoms with van der Waals surface area (Å²) in [5, 5.41) is 0. The zero-order chi connectivity index (χ0) is 13.7. The lowest BCUT2D eigenvalue weighted by Crippen LogP contribution is -2.22. The highest BCUT2D eigenvalue weighted by molar-refractivity contribution is 8.00. The van der Waals surface area contributed by atoms with Crippen LogP contribution in [0.5, 0.6) is 0 Å². The molecule has 1 aliphatic rings. The van der Waals surface area contributed by atoms with Gasteiger partial charge in [-0.25, -0.2) is 4.79 Å². The molecular formula is C13H14O5S. The van der Waals surface area contributed by atoms with Gasteiger partial charge in [-0.05, 0) is 12.1 Å². The predicted octanol–water partition coefficient (Wildman–Crippen LogP) is 1.82. The Balaban J connectivity index is 1.75. The van der Waals surface area contributed by atoms with E-state index in [2.05, 4.69) is 0 Å². The van der Waals surface area contributed by atoms with Crippen molar-refractivity contribution in [2.24, 2.45) is 0 Å². The zero-order valence-electron chi connectivity index (χ0n) is 10.4. The fourth-order valence-electron chi connectivity index (χ4n) is 1.57. The van der Waals surface area contributed by atoms with Crippen molar-refractivity contribution in [1.29, 1.82) is 0 Å². The molecule has 0 N–H and O–H groups in total. The standard InChI is InChI=1S/C13H14O5S/c1-9(14)17-11-8-19-12(18-11)7-16-13(15)10-5-3-2-4-6-10/h2-6,11-12H,7-8H2,1H3. The second-order valence-electron chi connectivity index (χ2n) is 3.90. The van der Waals surface area contributed by atoms with Gasteiger partial charge in [0.1, 0.15) is 12.0 Å². The molecule has 0 bridgehead atoms. The summed E-state index contributed by atoms with van der Waals surface area (Å²) < 4.78 is 15.5. The molecule has 2 unspecified atom stereocenters. The van der Waals surface area contributed by atoms with Gasteiger partial charge in [-0.3, -0.25) is 4.79 Å². The maximum atomic E-state index is 11.7. The van der Waals surface area contributed by atoms with Gasteiger partial charge in [-0.1, -0.05) is 18.2 Å². The molecule has 0 amide bonds. The zero-order valence-corrected chi connectivity index (χ0v) is 11.2. The van der Waals surface area contributed by atoms with Crippen LogP contribution < -0.4 is 0 Å². The lowest BCUT2D eigenvalue weighted by Gasteiger charge is -2.12. The Hall–Kier alpha value is -1.53. The van der Waals surface area contributed by atoms with Crippen LogP contribution in [0.25, 0.3) is 0 Å². The van der Waals surface area contributed by atoms with Crippen LogP contribution in [-0.4, -0.2) is 36.0 Å². The van der Waals surface area contributed by atoms with Gasteiger partial charge in [0.25, 0.3) is 0 Å². The molecule has 1 heterocycles. The molecule has 1 fully saturated rings. The average molecular weight is 282 g/mol. The van der Waals surface area contributed by atoms with E-state index in [9.17, 15) is 9.59 Å². The molecule has 1 aromatic carbocycles. The Kier molecular flexibility index (Phi) is 4.81. The van der Waals surface area contributed by atoms with Crippen LogP contribution in [0.1, 0.15) is 17.3 Å². The Morgan fingerprint density at radius 3 is 2.79 bits per heavy atom. The molecule has 0 aromatic heterocycles. The maximum Gasteiger partial charge on any atom is 0.338 e. The number of carbonyl (C=O) groups is 2. The molecule has 6 heteroatoms. The summed E-state index contributed by atoms with van der Waals surface area (Å²) in [4.78, 5) is 22.4. The van der Waals surface area contributed by atoms with Gasteiger partial charge < -0.3 is 14.2 Å². The van der Waals surface area contributed by atoms with E-state index in [0.29, 0.717) is 11.3 Å². The van der Waals surface area contributed by atoms with Crippen LogP contribution in [-0.2, 0) is 19.0 Å². The topological polar surface area (TPSA) is 61.8 Å². The summed E-state index contributed by atoms with van der Waals surface area (Å²) in [5.74, 6) is -0.221. The van der Waals surface area contributed by atoms with Gasteiger partial charge >= 0.3 is 11.9 Å². The minimum absolute atomic E-state index is 0.135. The molecule has 102 valence electrons. The monoisotopic (exact) mass is 282 g/mol. The molecule has 1 aliphatic heterocycles. The van der Waals surface area contributed by atoms with E-state index in [4.69, 9.17) is 14.2 Å². The van der Waals surface area contributed by atoms with Crippen LogP contribution in [0, 0.1) is 0 Å². The minimum atomic E-state index is -0.553. The normalized spacial score (nSPS) is 21.9. The van der Waals surface area contributed by atoms with Crippen LogP contribution in [0.2, 0.25) is 0 Å². The summed E-state index contributed by atoms with van der Waals surface area (Å²) in [7, 11) is 0. The van der Waals surface area contributed by atoms with Crippen molar-refractivity contribution in [3.63, 3.8) is 0 Å². The van der Waals surface area contributed by atoms with Gasteiger partial charge in [-0.2, -0.15) is 0 Å². The molecule has 1 saturated heterocycles. The van der Waals surface area contributed by atoms with Gasteiger partial charge in [-0.15, -0.1) is 11.8 Å². The Morgan fingerprint density at radius 2 is 2.11 bits per heavy atom. The molecule has 2 atom stereocenters. The number of benzene rings is 1. The van der Waals surface area contributed by atoms with Gasteiger partial charge in [0.2, 0.25) is 6.29 Å². The van der Waals surface area contributed by atoms with E-state index in [1.807, 2.05) is 6.07 Å². The molecule has 0 spiro atoms. The summed E-state index contributed by atoms with van der Waals surface area (Å²) in [6.07, 6.45) is -0.553. The molecule has 0 radical (unpaired) electrons. The molecular weight excluding hydrogens is 268 g/mol. The smallest absolute Gasteiger partial charge is 0.338 e. The Bertz CT molecular complexity index is 448.